The lowest BCUT2D eigenvalue weighted by molar-refractivity contribution is -0.135. The molecule has 1 saturated heterocycles. The summed E-state index contributed by atoms with van der Waals surface area (Å²) in [5.41, 5.74) is 2.25. The molecule has 0 bridgehead atoms. The highest BCUT2D eigenvalue weighted by Gasteiger charge is 2.29. The Balaban J connectivity index is 1.37. The van der Waals surface area contributed by atoms with E-state index in [4.69, 9.17) is 4.74 Å². The van der Waals surface area contributed by atoms with Gasteiger partial charge in [0.15, 0.2) is 0 Å². The minimum atomic E-state index is -0.588. The number of amides is 2. The van der Waals surface area contributed by atoms with Crippen LogP contribution >= 0.6 is 11.3 Å². The maximum Gasteiger partial charge on any atom is 0.262 e. The zero-order chi connectivity index (χ0) is 23.0. The summed E-state index contributed by atoms with van der Waals surface area (Å²) in [6, 6.07) is 21.0. The van der Waals surface area contributed by atoms with Crippen molar-refractivity contribution in [2.75, 3.05) is 33.3 Å². The number of nitrogens with one attached hydrogen (secondary N) is 1. The lowest BCUT2D eigenvalue weighted by Gasteiger charge is -2.36. The second kappa shape index (κ2) is 11.1. The zero-order valence-corrected chi connectivity index (χ0v) is 19.6. The second-order valence-corrected chi connectivity index (χ2v) is 9.09. The molecule has 0 saturated carbocycles. The molecule has 0 aliphatic carbocycles. The Morgan fingerprint density at radius 3 is 2.30 bits per heavy atom. The molecule has 172 valence electrons. The molecule has 0 spiro atoms. The highest BCUT2D eigenvalue weighted by molar-refractivity contribution is 7.12. The Morgan fingerprint density at radius 1 is 0.939 bits per heavy atom. The predicted octanol–water partition coefficient (Wildman–Crippen LogP) is 3.44. The molecule has 1 aromatic heterocycles. The van der Waals surface area contributed by atoms with Crippen LogP contribution in [-0.2, 0) is 17.8 Å². The number of carbonyl (C=O) groups excluding carboxylic acids is 2. The summed E-state index contributed by atoms with van der Waals surface area (Å²) in [5, 5.41) is 4.85. The summed E-state index contributed by atoms with van der Waals surface area (Å²) in [7, 11) is 1.67. The van der Waals surface area contributed by atoms with Crippen LogP contribution in [0.5, 0.6) is 5.75 Å². The molecule has 0 unspecified atom stereocenters. The van der Waals surface area contributed by atoms with Gasteiger partial charge in [-0.2, -0.15) is 0 Å². The molecule has 2 amide bonds. The predicted molar refractivity (Wildman–Crippen MR) is 131 cm³/mol. The molecule has 2 aromatic carbocycles. The van der Waals surface area contributed by atoms with Gasteiger partial charge in [-0.05, 0) is 34.7 Å². The number of benzene rings is 2. The monoisotopic (exact) mass is 463 g/mol. The highest BCUT2D eigenvalue weighted by Crippen LogP contribution is 2.16. The van der Waals surface area contributed by atoms with E-state index in [2.05, 4.69) is 22.3 Å². The van der Waals surface area contributed by atoms with E-state index in [9.17, 15) is 9.59 Å². The normalized spacial score (nSPS) is 15.1. The Morgan fingerprint density at radius 2 is 1.67 bits per heavy atom. The first kappa shape index (κ1) is 23.0. The minimum Gasteiger partial charge on any atom is -0.497 e. The van der Waals surface area contributed by atoms with E-state index >= 15 is 0 Å². The van der Waals surface area contributed by atoms with Crippen LogP contribution in [0.4, 0.5) is 0 Å². The van der Waals surface area contributed by atoms with Gasteiger partial charge in [0.05, 0.1) is 12.0 Å². The van der Waals surface area contributed by atoms with Crippen LogP contribution in [0.3, 0.4) is 0 Å². The summed E-state index contributed by atoms with van der Waals surface area (Å²) >= 11 is 1.38. The van der Waals surface area contributed by atoms with Crippen molar-refractivity contribution in [1.29, 1.82) is 0 Å². The van der Waals surface area contributed by atoms with Gasteiger partial charge in [-0.25, -0.2) is 0 Å². The number of hydrogen-bond acceptors (Lipinski definition) is 5. The van der Waals surface area contributed by atoms with Crippen LogP contribution in [-0.4, -0.2) is 60.9 Å². The quantitative estimate of drug-likeness (QED) is 0.556. The Labute approximate surface area is 198 Å². The van der Waals surface area contributed by atoms with Gasteiger partial charge < -0.3 is 15.0 Å². The van der Waals surface area contributed by atoms with Gasteiger partial charge in [-0.3, -0.25) is 14.5 Å². The van der Waals surface area contributed by atoms with Crippen molar-refractivity contribution in [2.45, 2.75) is 19.0 Å². The van der Waals surface area contributed by atoms with Gasteiger partial charge in [-0.15, -0.1) is 11.3 Å². The molecule has 3 aromatic rings. The maximum absolute atomic E-state index is 13.4. The minimum absolute atomic E-state index is 0.0205. The number of carbonyl (C=O) groups is 2. The van der Waals surface area contributed by atoms with Crippen LogP contribution < -0.4 is 10.1 Å². The molecule has 1 atom stereocenters. The van der Waals surface area contributed by atoms with Gasteiger partial charge in [0, 0.05) is 39.1 Å². The van der Waals surface area contributed by atoms with Crippen molar-refractivity contribution < 1.29 is 14.3 Å². The molecule has 1 aliphatic rings. The maximum atomic E-state index is 13.4. The van der Waals surface area contributed by atoms with Gasteiger partial charge in [0.25, 0.3) is 5.91 Å². The fraction of sp³-hybridized carbons (Fsp3) is 0.308. The zero-order valence-electron chi connectivity index (χ0n) is 18.8. The molecule has 0 radical (unpaired) electrons. The lowest BCUT2D eigenvalue weighted by Crippen LogP contribution is -2.55. The number of methoxy groups -OCH3 is 1. The number of nitrogens with zero attached hydrogens (tertiary/aromatic N) is 2. The first-order valence-corrected chi connectivity index (χ1v) is 12.0. The van der Waals surface area contributed by atoms with Gasteiger partial charge >= 0.3 is 0 Å². The molecular formula is C26H29N3O3S. The standard InChI is InChI=1S/C26H29N3O3S/c1-32-22-11-9-21(10-12-22)19-28-13-15-29(16-14-28)26(31)23(18-20-6-3-2-4-7-20)27-25(30)24-8-5-17-33-24/h2-12,17,23H,13-16,18-19H2,1H3,(H,27,30)/t23-/m0/s1. The third-order valence-corrected chi connectivity index (χ3v) is 6.75. The van der Waals surface area contributed by atoms with Crippen LogP contribution in [0, 0.1) is 0 Å². The fourth-order valence-corrected chi connectivity index (χ4v) is 4.65. The number of rotatable bonds is 8. The van der Waals surface area contributed by atoms with Crippen molar-refractivity contribution in [3.8, 4) is 5.75 Å². The van der Waals surface area contributed by atoms with E-state index in [1.807, 2.05) is 58.8 Å². The number of hydrogen-bond donors (Lipinski definition) is 1. The molecule has 4 rings (SSSR count). The van der Waals surface area contributed by atoms with Crippen LogP contribution in [0.2, 0.25) is 0 Å². The molecule has 1 N–H and O–H groups in total. The number of thiophene rings is 1. The van der Waals surface area contributed by atoms with Gasteiger partial charge in [0.2, 0.25) is 5.91 Å². The molecule has 1 fully saturated rings. The number of ether oxygens (including phenoxy) is 1. The van der Waals surface area contributed by atoms with Gasteiger partial charge in [0.1, 0.15) is 11.8 Å². The Hall–Kier alpha value is -3.16. The Kier molecular flexibility index (Phi) is 7.75. The molecule has 33 heavy (non-hydrogen) atoms. The van der Waals surface area contributed by atoms with Gasteiger partial charge in [-0.1, -0.05) is 48.5 Å². The van der Waals surface area contributed by atoms with E-state index in [1.165, 1.54) is 16.9 Å². The summed E-state index contributed by atoms with van der Waals surface area (Å²) in [5.74, 6) is 0.633. The van der Waals surface area contributed by atoms with Crippen molar-refractivity contribution in [3.05, 3.63) is 88.1 Å². The lowest BCUT2D eigenvalue weighted by atomic mass is 10.0. The fourth-order valence-electron chi connectivity index (χ4n) is 4.02. The second-order valence-electron chi connectivity index (χ2n) is 8.14. The van der Waals surface area contributed by atoms with Crippen molar-refractivity contribution >= 4 is 23.2 Å². The van der Waals surface area contributed by atoms with Crippen molar-refractivity contribution in [2.24, 2.45) is 0 Å². The summed E-state index contributed by atoms with van der Waals surface area (Å²) in [6.07, 6.45) is 0.475. The third kappa shape index (κ3) is 6.21. The van der Waals surface area contributed by atoms with Crippen LogP contribution in [0.25, 0.3) is 0 Å². The number of piperazine rings is 1. The Bertz CT molecular complexity index is 1030. The van der Waals surface area contributed by atoms with Crippen LogP contribution in [0.15, 0.2) is 72.1 Å². The van der Waals surface area contributed by atoms with E-state index in [0.29, 0.717) is 24.4 Å². The first-order valence-electron chi connectivity index (χ1n) is 11.1. The van der Waals surface area contributed by atoms with Crippen molar-refractivity contribution in [1.82, 2.24) is 15.1 Å². The van der Waals surface area contributed by atoms with E-state index in [0.717, 1.165) is 30.9 Å². The van der Waals surface area contributed by atoms with Crippen molar-refractivity contribution in [3.63, 3.8) is 0 Å². The third-order valence-electron chi connectivity index (χ3n) is 5.88. The topological polar surface area (TPSA) is 61.9 Å². The average molecular weight is 464 g/mol. The molecule has 2 heterocycles. The van der Waals surface area contributed by atoms with Crippen LogP contribution in [0.1, 0.15) is 20.8 Å². The molecular weight excluding hydrogens is 434 g/mol. The smallest absolute Gasteiger partial charge is 0.262 e. The van der Waals surface area contributed by atoms with E-state index < -0.39 is 6.04 Å². The summed E-state index contributed by atoms with van der Waals surface area (Å²) in [6.45, 7) is 3.74. The SMILES string of the molecule is COc1ccc(CN2CCN(C(=O)[C@H](Cc3ccccc3)NC(=O)c3cccs3)CC2)cc1. The largest absolute Gasteiger partial charge is 0.497 e. The average Bonchev–Trinajstić information content (AvgIpc) is 3.40. The molecule has 1 aliphatic heterocycles. The molecule has 6 nitrogen and oxygen atoms in total. The first-order chi connectivity index (χ1) is 16.1. The molecule has 7 heteroatoms. The highest BCUT2D eigenvalue weighted by atomic mass is 32.1. The van der Waals surface area contributed by atoms with E-state index in [1.54, 1.807) is 13.2 Å². The summed E-state index contributed by atoms with van der Waals surface area (Å²) in [4.78, 5) is 31.0. The summed E-state index contributed by atoms with van der Waals surface area (Å²) < 4.78 is 5.23. The van der Waals surface area contributed by atoms with E-state index in [-0.39, 0.29) is 11.8 Å².